The van der Waals surface area contributed by atoms with Crippen LogP contribution in [0.4, 0.5) is 0 Å². The van der Waals surface area contributed by atoms with Crippen molar-refractivity contribution in [1.29, 1.82) is 0 Å². The molecule has 0 aromatic carbocycles. The number of ether oxygens (including phenoxy) is 2. The molecule has 0 aromatic heterocycles. The minimum absolute atomic E-state index is 0.0212. The summed E-state index contributed by atoms with van der Waals surface area (Å²) in [6.45, 7) is 15.7. The predicted molar refractivity (Wildman–Crippen MR) is 98.0 cm³/mol. The number of nitrogens with zero attached hydrogens (tertiary/aromatic N) is 1. The molecule has 0 radical (unpaired) electrons. The monoisotopic (exact) mass is 417 g/mol. The number of hydrogen-bond acceptors (Lipinski definition) is 5. The summed E-state index contributed by atoms with van der Waals surface area (Å²) in [5.74, 6) is 0. The second-order valence-corrected chi connectivity index (χ2v) is 15.4. The van der Waals surface area contributed by atoms with Crippen molar-refractivity contribution >= 4 is 28.9 Å². The number of hydrogen-bond donors (Lipinski definition) is 0. The van der Waals surface area contributed by atoms with Crippen LogP contribution in [0.5, 0.6) is 0 Å². The zero-order valence-electron chi connectivity index (χ0n) is 15.6. The van der Waals surface area contributed by atoms with Crippen LogP contribution in [-0.2, 0) is 18.7 Å². The standard InChI is InChI=1S/C17H28BrNO4Si/c1-14(2,3)24(6,7)21-10-8-15(4)17(9-11(18)19-23-17)13-16(5,22-15)12(10)20-13/h10,12-13H,8-9H2,1-7H3/t10-,12-,13-,15-,16+,17+/m0/s1. The molecule has 0 saturated carbocycles. The molecule has 0 aromatic rings. The lowest BCUT2D eigenvalue weighted by atomic mass is 9.75. The molecule has 2 bridgehead atoms. The summed E-state index contributed by atoms with van der Waals surface area (Å²) in [6, 6.07) is 0. The average molecular weight is 418 g/mol. The SMILES string of the molecule is CC(C)(C)[Si](C)(C)O[C@H]1C[C@]2(C)O[C@]3(C)[C@H]1O[C@@H]3[C@]21CC(Br)=NO1. The van der Waals surface area contributed by atoms with E-state index in [1.165, 1.54) is 0 Å². The van der Waals surface area contributed by atoms with Gasteiger partial charge in [-0.15, -0.1) is 0 Å². The molecule has 4 rings (SSSR count). The number of rotatable bonds is 2. The Morgan fingerprint density at radius 2 is 1.96 bits per heavy atom. The van der Waals surface area contributed by atoms with E-state index in [-0.39, 0.29) is 29.0 Å². The van der Waals surface area contributed by atoms with E-state index in [9.17, 15) is 0 Å². The summed E-state index contributed by atoms with van der Waals surface area (Å²) in [5, 5.41) is 4.33. The third-order valence-corrected chi connectivity index (χ3v) is 12.0. The fourth-order valence-corrected chi connectivity index (χ4v) is 6.49. The smallest absolute Gasteiger partial charge is 0.201 e. The third kappa shape index (κ3) is 1.93. The Morgan fingerprint density at radius 3 is 2.50 bits per heavy atom. The summed E-state index contributed by atoms with van der Waals surface area (Å²) < 4.78 is 20.5. The van der Waals surface area contributed by atoms with Gasteiger partial charge in [-0.05, 0) is 47.9 Å². The minimum Gasteiger partial charge on any atom is -0.411 e. The van der Waals surface area contributed by atoms with Gasteiger partial charge in [-0.3, -0.25) is 0 Å². The van der Waals surface area contributed by atoms with Crippen molar-refractivity contribution in [3.63, 3.8) is 0 Å². The maximum absolute atomic E-state index is 6.76. The molecule has 5 nitrogen and oxygen atoms in total. The third-order valence-electron chi connectivity index (χ3n) is 7.03. The van der Waals surface area contributed by atoms with E-state index in [1.807, 2.05) is 0 Å². The van der Waals surface area contributed by atoms with Gasteiger partial charge in [-0.2, -0.15) is 0 Å². The highest BCUT2D eigenvalue weighted by Gasteiger charge is 2.83. The van der Waals surface area contributed by atoms with Crippen molar-refractivity contribution in [1.82, 2.24) is 0 Å². The van der Waals surface area contributed by atoms with E-state index >= 15 is 0 Å². The van der Waals surface area contributed by atoms with Crippen LogP contribution >= 0.6 is 15.9 Å². The lowest BCUT2D eigenvalue weighted by Crippen LogP contribution is -2.71. The normalized spacial score (nSPS) is 49.8. The Labute approximate surface area is 153 Å². The van der Waals surface area contributed by atoms with Crippen LogP contribution in [0.15, 0.2) is 5.16 Å². The van der Waals surface area contributed by atoms with Crippen LogP contribution in [0.2, 0.25) is 18.1 Å². The van der Waals surface area contributed by atoms with Crippen LogP contribution in [0.3, 0.4) is 0 Å². The van der Waals surface area contributed by atoms with Gasteiger partial charge in [0, 0.05) is 12.8 Å². The quantitative estimate of drug-likeness (QED) is 0.637. The number of fused-ring (bicyclic) bond motifs is 3. The first-order valence-electron chi connectivity index (χ1n) is 8.79. The highest BCUT2D eigenvalue weighted by atomic mass is 79.9. The molecule has 0 aliphatic carbocycles. The molecule has 1 spiro atoms. The average Bonchev–Trinajstić information content (AvgIpc) is 2.77. The molecule has 136 valence electrons. The maximum atomic E-state index is 6.76. The minimum atomic E-state index is -1.89. The Kier molecular flexibility index (Phi) is 3.39. The predicted octanol–water partition coefficient (Wildman–Crippen LogP) is 3.96. The second-order valence-electron chi connectivity index (χ2n) is 9.70. The van der Waals surface area contributed by atoms with E-state index in [0.717, 1.165) is 11.0 Å². The Balaban J connectivity index is 1.66. The summed E-state index contributed by atoms with van der Waals surface area (Å²) in [7, 11) is -1.89. The molecule has 0 N–H and O–H groups in total. The van der Waals surface area contributed by atoms with Gasteiger partial charge < -0.3 is 18.7 Å². The van der Waals surface area contributed by atoms with Crippen molar-refractivity contribution < 1.29 is 18.7 Å². The molecule has 3 saturated heterocycles. The highest BCUT2D eigenvalue weighted by Crippen LogP contribution is 2.66. The summed E-state index contributed by atoms with van der Waals surface area (Å²) in [5.41, 5.74) is -1.35. The van der Waals surface area contributed by atoms with Gasteiger partial charge in [0.05, 0.1) is 6.10 Å². The fourth-order valence-electron chi connectivity index (χ4n) is 4.68. The van der Waals surface area contributed by atoms with E-state index in [2.05, 4.69) is 68.8 Å². The van der Waals surface area contributed by atoms with Gasteiger partial charge in [-0.1, -0.05) is 25.9 Å². The molecule has 4 aliphatic heterocycles. The lowest BCUT2D eigenvalue weighted by molar-refractivity contribution is -0.324. The molecular formula is C17H28BrNO4Si. The van der Waals surface area contributed by atoms with Crippen LogP contribution in [-0.4, -0.2) is 48.1 Å². The largest absolute Gasteiger partial charge is 0.411 e. The molecule has 6 atom stereocenters. The van der Waals surface area contributed by atoms with Crippen LogP contribution in [0, 0.1) is 0 Å². The van der Waals surface area contributed by atoms with Crippen molar-refractivity contribution in [3.05, 3.63) is 0 Å². The van der Waals surface area contributed by atoms with Gasteiger partial charge >= 0.3 is 0 Å². The second kappa shape index (κ2) is 4.66. The van der Waals surface area contributed by atoms with Crippen molar-refractivity contribution in [3.8, 4) is 0 Å². The summed E-state index contributed by atoms with van der Waals surface area (Å²) in [4.78, 5) is 5.94. The zero-order chi connectivity index (χ0) is 17.8. The van der Waals surface area contributed by atoms with E-state index in [1.54, 1.807) is 0 Å². The van der Waals surface area contributed by atoms with Crippen LogP contribution < -0.4 is 0 Å². The first-order chi connectivity index (χ1) is 10.8. The fraction of sp³-hybridized carbons (Fsp3) is 0.941. The first-order valence-corrected chi connectivity index (χ1v) is 12.5. The van der Waals surface area contributed by atoms with Gasteiger partial charge in [0.25, 0.3) is 0 Å². The Hall–Kier alpha value is 0.0469. The topological polar surface area (TPSA) is 49.3 Å². The first kappa shape index (κ1) is 17.5. The molecule has 0 amide bonds. The van der Waals surface area contributed by atoms with Crippen LogP contribution in [0.25, 0.3) is 0 Å². The van der Waals surface area contributed by atoms with Gasteiger partial charge in [0.2, 0.25) is 5.60 Å². The molecular weight excluding hydrogens is 390 g/mol. The van der Waals surface area contributed by atoms with Crippen LogP contribution in [0.1, 0.15) is 47.5 Å². The van der Waals surface area contributed by atoms with Crippen molar-refractivity contribution in [2.24, 2.45) is 5.16 Å². The van der Waals surface area contributed by atoms with E-state index in [4.69, 9.17) is 18.7 Å². The molecule has 7 heteroatoms. The van der Waals surface area contributed by atoms with Gasteiger partial charge in [-0.25, -0.2) is 0 Å². The lowest BCUT2D eigenvalue weighted by Gasteiger charge is -2.55. The molecule has 0 unspecified atom stereocenters. The van der Waals surface area contributed by atoms with Gasteiger partial charge in [0.15, 0.2) is 8.32 Å². The van der Waals surface area contributed by atoms with E-state index in [0.29, 0.717) is 6.42 Å². The molecule has 24 heavy (non-hydrogen) atoms. The highest BCUT2D eigenvalue weighted by molar-refractivity contribution is 9.18. The summed E-state index contributed by atoms with van der Waals surface area (Å²) in [6.07, 6.45) is 1.42. The number of halogens is 1. The Morgan fingerprint density at radius 1 is 1.29 bits per heavy atom. The van der Waals surface area contributed by atoms with Crippen molar-refractivity contribution in [2.45, 2.75) is 101 Å². The van der Waals surface area contributed by atoms with Crippen molar-refractivity contribution in [2.75, 3.05) is 0 Å². The van der Waals surface area contributed by atoms with Gasteiger partial charge in [0.1, 0.15) is 28.0 Å². The van der Waals surface area contributed by atoms with E-state index < -0.39 is 19.5 Å². The molecule has 3 fully saturated rings. The zero-order valence-corrected chi connectivity index (χ0v) is 18.2. The Bertz CT molecular complexity index is 620. The molecule has 4 aliphatic rings. The maximum Gasteiger partial charge on any atom is 0.201 e. The summed E-state index contributed by atoms with van der Waals surface area (Å²) >= 11 is 3.49. The molecule has 4 heterocycles. The number of oxime groups is 1.